The minimum Gasteiger partial charge on any atom is -0.489 e. The van der Waals surface area contributed by atoms with Gasteiger partial charge in [0.1, 0.15) is 18.2 Å². The van der Waals surface area contributed by atoms with Gasteiger partial charge in [-0.2, -0.15) is 0 Å². The summed E-state index contributed by atoms with van der Waals surface area (Å²) in [7, 11) is 0. The fraction of sp³-hybridized carbons (Fsp3) is 0.200. The molecule has 0 aliphatic heterocycles. The number of ether oxygens (including phenoxy) is 1. The van der Waals surface area contributed by atoms with Gasteiger partial charge >= 0.3 is 0 Å². The van der Waals surface area contributed by atoms with E-state index in [1.807, 2.05) is 31.2 Å². The molecule has 2 nitrogen and oxygen atoms in total. The van der Waals surface area contributed by atoms with Crippen LogP contribution in [0.2, 0.25) is 5.02 Å². The van der Waals surface area contributed by atoms with E-state index < -0.39 is 0 Å². The molecule has 0 saturated heterocycles. The molecule has 0 spiro atoms. The summed E-state index contributed by atoms with van der Waals surface area (Å²) in [6.07, 6.45) is 0. The number of halogens is 2. The molecule has 0 saturated carbocycles. The zero-order valence-corrected chi connectivity index (χ0v) is 11.3. The summed E-state index contributed by atoms with van der Waals surface area (Å²) in [6.45, 7) is 2.13. The predicted molar refractivity (Wildman–Crippen MR) is 74.8 cm³/mol. The molecule has 100 valence electrons. The summed E-state index contributed by atoms with van der Waals surface area (Å²) in [5.74, 6) is 0.363. The molecular formula is C15H15ClFNO. The third kappa shape index (κ3) is 3.69. The first-order valence-electron chi connectivity index (χ1n) is 5.98. The second-order valence-corrected chi connectivity index (χ2v) is 4.79. The van der Waals surface area contributed by atoms with Gasteiger partial charge in [-0.15, -0.1) is 0 Å². The normalized spacial score (nSPS) is 12.2. The van der Waals surface area contributed by atoms with Crippen LogP contribution in [0.3, 0.4) is 0 Å². The van der Waals surface area contributed by atoms with E-state index in [4.69, 9.17) is 22.1 Å². The van der Waals surface area contributed by atoms with E-state index in [-0.39, 0.29) is 18.5 Å². The zero-order chi connectivity index (χ0) is 13.8. The van der Waals surface area contributed by atoms with E-state index in [1.54, 1.807) is 0 Å². The van der Waals surface area contributed by atoms with Crippen molar-refractivity contribution in [2.75, 3.05) is 0 Å². The van der Waals surface area contributed by atoms with Gasteiger partial charge in [0.25, 0.3) is 0 Å². The molecule has 2 N–H and O–H groups in total. The van der Waals surface area contributed by atoms with E-state index in [9.17, 15) is 4.39 Å². The Hall–Kier alpha value is -1.58. The molecule has 0 aliphatic carbocycles. The Morgan fingerprint density at radius 2 is 2.05 bits per heavy atom. The lowest BCUT2D eigenvalue weighted by Gasteiger charge is -2.11. The Balaban J connectivity index is 2.10. The van der Waals surface area contributed by atoms with Crippen molar-refractivity contribution < 1.29 is 9.13 Å². The van der Waals surface area contributed by atoms with Crippen molar-refractivity contribution in [2.45, 2.75) is 19.6 Å². The van der Waals surface area contributed by atoms with Gasteiger partial charge in [0.2, 0.25) is 0 Å². The van der Waals surface area contributed by atoms with Crippen LogP contribution in [0.15, 0.2) is 42.5 Å². The zero-order valence-electron chi connectivity index (χ0n) is 10.6. The maximum atomic E-state index is 13.1. The van der Waals surface area contributed by atoms with Gasteiger partial charge < -0.3 is 10.5 Å². The molecule has 0 aromatic heterocycles. The molecule has 19 heavy (non-hydrogen) atoms. The van der Waals surface area contributed by atoms with Crippen molar-refractivity contribution in [1.29, 1.82) is 0 Å². The molecule has 0 bridgehead atoms. The van der Waals surface area contributed by atoms with Crippen molar-refractivity contribution in [3.8, 4) is 5.75 Å². The highest BCUT2D eigenvalue weighted by Crippen LogP contribution is 2.22. The van der Waals surface area contributed by atoms with Crippen LogP contribution in [0.4, 0.5) is 4.39 Å². The average Bonchev–Trinajstić information content (AvgIpc) is 2.40. The molecule has 0 heterocycles. The highest BCUT2D eigenvalue weighted by atomic mass is 35.5. The smallest absolute Gasteiger partial charge is 0.123 e. The summed E-state index contributed by atoms with van der Waals surface area (Å²) in [5, 5.41) is 0.491. The van der Waals surface area contributed by atoms with Gasteiger partial charge in [-0.1, -0.05) is 23.7 Å². The molecule has 0 aliphatic rings. The van der Waals surface area contributed by atoms with E-state index in [1.165, 1.54) is 18.2 Å². The Bertz CT molecular complexity index is 572. The molecule has 0 fully saturated rings. The molecule has 2 aromatic rings. The molecule has 2 aromatic carbocycles. The minimum absolute atomic E-state index is 0.0543. The molecular weight excluding hydrogens is 265 g/mol. The first kappa shape index (κ1) is 13.8. The van der Waals surface area contributed by atoms with E-state index in [2.05, 4.69) is 0 Å². The van der Waals surface area contributed by atoms with Gasteiger partial charge in [-0.3, -0.25) is 0 Å². The lowest BCUT2D eigenvalue weighted by atomic mass is 10.1. The minimum atomic E-state index is -0.327. The standard InChI is InChI=1S/C15H15ClFNO/c1-10(18)11-3-2-4-14(8-11)19-9-12-7-13(17)5-6-15(12)16/h2-8,10H,9,18H2,1H3. The van der Waals surface area contributed by atoms with Crippen LogP contribution in [-0.2, 0) is 6.61 Å². The second-order valence-electron chi connectivity index (χ2n) is 4.39. The largest absolute Gasteiger partial charge is 0.489 e. The first-order chi connectivity index (χ1) is 9.06. The number of nitrogens with two attached hydrogens (primary N) is 1. The SMILES string of the molecule is CC(N)c1cccc(OCc2cc(F)ccc2Cl)c1. The number of hydrogen-bond acceptors (Lipinski definition) is 2. The van der Waals surface area contributed by atoms with Gasteiger partial charge in [0.15, 0.2) is 0 Å². The summed E-state index contributed by atoms with van der Waals surface area (Å²) in [4.78, 5) is 0. The maximum Gasteiger partial charge on any atom is 0.123 e. The molecule has 0 amide bonds. The van der Waals surface area contributed by atoms with E-state index in [0.717, 1.165) is 5.56 Å². The van der Waals surface area contributed by atoms with Crippen molar-refractivity contribution in [3.05, 3.63) is 64.4 Å². The van der Waals surface area contributed by atoms with Crippen molar-refractivity contribution >= 4 is 11.6 Å². The molecule has 0 radical (unpaired) electrons. The molecule has 2 rings (SSSR count). The third-order valence-corrected chi connectivity index (χ3v) is 3.15. The third-order valence-electron chi connectivity index (χ3n) is 2.79. The van der Waals surface area contributed by atoms with Gasteiger partial charge in [0, 0.05) is 16.6 Å². The molecule has 1 unspecified atom stereocenters. The lowest BCUT2D eigenvalue weighted by Crippen LogP contribution is -2.05. The van der Waals surface area contributed by atoms with Crippen LogP contribution in [0.25, 0.3) is 0 Å². The summed E-state index contributed by atoms with van der Waals surface area (Å²) in [5.41, 5.74) is 7.41. The van der Waals surface area contributed by atoms with Crippen molar-refractivity contribution in [1.82, 2.24) is 0 Å². The van der Waals surface area contributed by atoms with Crippen LogP contribution in [0.1, 0.15) is 24.1 Å². The lowest BCUT2D eigenvalue weighted by molar-refractivity contribution is 0.305. The second kappa shape index (κ2) is 6.04. The highest BCUT2D eigenvalue weighted by molar-refractivity contribution is 6.31. The Morgan fingerprint density at radius 1 is 1.26 bits per heavy atom. The van der Waals surface area contributed by atoms with Crippen LogP contribution in [0.5, 0.6) is 5.75 Å². The Morgan fingerprint density at radius 3 is 2.79 bits per heavy atom. The van der Waals surface area contributed by atoms with Gasteiger partial charge in [-0.05, 0) is 42.8 Å². The van der Waals surface area contributed by atoms with E-state index >= 15 is 0 Å². The first-order valence-corrected chi connectivity index (χ1v) is 6.36. The quantitative estimate of drug-likeness (QED) is 0.915. The van der Waals surface area contributed by atoms with Crippen molar-refractivity contribution in [2.24, 2.45) is 5.73 Å². The molecule has 1 atom stereocenters. The van der Waals surface area contributed by atoms with Crippen LogP contribution in [-0.4, -0.2) is 0 Å². The van der Waals surface area contributed by atoms with Crippen LogP contribution in [0, 0.1) is 5.82 Å². The molecule has 4 heteroatoms. The number of hydrogen-bond donors (Lipinski definition) is 1. The Labute approximate surface area is 117 Å². The predicted octanol–water partition coefficient (Wildman–Crippen LogP) is 4.08. The van der Waals surface area contributed by atoms with Crippen molar-refractivity contribution in [3.63, 3.8) is 0 Å². The Kier molecular flexibility index (Phi) is 4.40. The summed E-state index contributed by atoms with van der Waals surface area (Å²) >= 11 is 5.98. The fourth-order valence-corrected chi connectivity index (χ4v) is 1.87. The van der Waals surface area contributed by atoms with Crippen LogP contribution < -0.4 is 10.5 Å². The summed E-state index contributed by atoms with van der Waals surface area (Å²) in [6, 6.07) is 11.7. The van der Waals surface area contributed by atoms with Crippen LogP contribution >= 0.6 is 11.6 Å². The fourth-order valence-electron chi connectivity index (χ4n) is 1.70. The number of rotatable bonds is 4. The monoisotopic (exact) mass is 279 g/mol. The maximum absolute atomic E-state index is 13.1. The van der Waals surface area contributed by atoms with Gasteiger partial charge in [0.05, 0.1) is 0 Å². The van der Waals surface area contributed by atoms with Gasteiger partial charge in [-0.25, -0.2) is 4.39 Å². The number of benzene rings is 2. The summed E-state index contributed by atoms with van der Waals surface area (Å²) < 4.78 is 18.7. The average molecular weight is 280 g/mol. The highest BCUT2D eigenvalue weighted by Gasteiger charge is 2.05. The topological polar surface area (TPSA) is 35.2 Å². The van der Waals surface area contributed by atoms with E-state index in [0.29, 0.717) is 16.3 Å².